The highest BCUT2D eigenvalue weighted by Crippen LogP contribution is 2.43. The van der Waals surface area contributed by atoms with Crippen LogP contribution in [0.15, 0.2) is 66.7 Å². The van der Waals surface area contributed by atoms with E-state index in [9.17, 15) is 18.3 Å². The minimum absolute atomic E-state index is 0.0373. The summed E-state index contributed by atoms with van der Waals surface area (Å²) in [5.41, 5.74) is 4.89. The Bertz CT molecular complexity index is 1350. The van der Waals surface area contributed by atoms with E-state index in [1.54, 1.807) is 36.4 Å². The minimum atomic E-state index is -4.80. The number of hydrogen-bond donors (Lipinski definition) is 2. The number of benzene rings is 3. The van der Waals surface area contributed by atoms with Gasteiger partial charge in [0.1, 0.15) is 18.1 Å². The average molecular weight is 506 g/mol. The van der Waals surface area contributed by atoms with Gasteiger partial charge < -0.3 is 15.6 Å². The molecule has 0 aliphatic carbocycles. The lowest BCUT2D eigenvalue weighted by Gasteiger charge is -2.17. The number of ether oxygens (including phenoxy) is 1. The largest absolute Gasteiger partial charge is 0.507 e. The maximum atomic E-state index is 13.8. The summed E-state index contributed by atoms with van der Waals surface area (Å²) >= 11 is 12.0. The van der Waals surface area contributed by atoms with Crippen molar-refractivity contribution < 1.29 is 23.0 Å². The molecule has 3 aromatic carbocycles. The number of nitrogens with zero attached hydrogens (tertiary/aromatic N) is 2. The van der Waals surface area contributed by atoms with Crippen molar-refractivity contribution in [2.45, 2.75) is 12.8 Å². The van der Waals surface area contributed by atoms with Crippen molar-refractivity contribution in [2.75, 3.05) is 5.73 Å². The van der Waals surface area contributed by atoms with Gasteiger partial charge in [0, 0.05) is 32.8 Å². The zero-order valence-corrected chi connectivity index (χ0v) is 18.8. The molecule has 174 valence electrons. The van der Waals surface area contributed by atoms with Gasteiger partial charge in [0.2, 0.25) is 5.95 Å². The number of halogens is 5. The topological polar surface area (TPSA) is 81.3 Å². The molecular formula is C24H16Cl2F3N3O2. The lowest BCUT2D eigenvalue weighted by Crippen LogP contribution is -2.14. The Morgan fingerprint density at radius 2 is 1.68 bits per heavy atom. The third-order valence-corrected chi connectivity index (χ3v) is 5.48. The summed E-state index contributed by atoms with van der Waals surface area (Å²) in [6, 6.07) is 17.0. The molecule has 0 spiro atoms. The van der Waals surface area contributed by atoms with Crippen LogP contribution in [0.2, 0.25) is 10.0 Å². The van der Waals surface area contributed by atoms with Crippen LogP contribution in [0.5, 0.6) is 11.5 Å². The van der Waals surface area contributed by atoms with Gasteiger partial charge in [-0.1, -0.05) is 59.6 Å². The fraction of sp³-hybridized carbons (Fsp3) is 0.0833. The molecule has 0 unspecified atom stereocenters. The summed E-state index contributed by atoms with van der Waals surface area (Å²) < 4.78 is 47.2. The second kappa shape index (κ2) is 9.40. The zero-order chi connectivity index (χ0) is 24.5. The van der Waals surface area contributed by atoms with Crippen molar-refractivity contribution in [3.05, 3.63) is 88.0 Å². The Hall–Kier alpha value is -3.49. The van der Waals surface area contributed by atoms with Crippen molar-refractivity contribution >= 4 is 29.2 Å². The fourth-order valence-electron chi connectivity index (χ4n) is 3.36. The van der Waals surface area contributed by atoms with Crippen molar-refractivity contribution in [2.24, 2.45) is 0 Å². The highest BCUT2D eigenvalue weighted by molar-refractivity contribution is 6.35. The number of aromatic hydroxyl groups is 1. The van der Waals surface area contributed by atoms with Crippen LogP contribution in [-0.4, -0.2) is 15.1 Å². The van der Waals surface area contributed by atoms with Gasteiger partial charge in [-0.15, -0.1) is 0 Å². The second-order valence-corrected chi connectivity index (χ2v) is 8.06. The molecule has 0 aliphatic rings. The number of hydrogen-bond acceptors (Lipinski definition) is 5. The van der Waals surface area contributed by atoms with Crippen LogP contribution in [0.4, 0.5) is 19.1 Å². The summed E-state index contributed by atoms with van der Waals surface area (Å²) in [7, 11) is 0. The van der Waals surface area contributed by atoms with E-state index in [1.807, 2.05) is 0 Å². The minimum Gasteiger partial charge on any atom is -0.507 e. The van der Waals surface area contributed by atoms with Crippen LogP contribution in [0.3, 0.4) is 0 Å². The van der Waals surface area contributed by atoms with Gasteiger partial charge >= 0.3 is 6.18 Å². The Morgan fingerprint density at radius 3 is 2.32 bits per heavy atom. The first-order valence-electron chi connectivity index (χ1n) is 9.83. The first-order valence-corrected chi connectivity index (χ1v) is 10.6. The summed E-state index contributed by atoms with van der Waals surface area (Å²) in [4.78, 5) is 7.48. The molecule has 0 fully saturated rings. The van der Waals surface area contributed by atoms with E-state index in [4.69, 9.17) is 33.7 Å². The standard InChI is InChI=1S/C24H16Cl2F3N3O2/c25-15-7-6-14(18(26)10-15)12-34-16-8-9-17(19(33)11-16)21-20(13-4-2-1-3-5-13)22(24(27,28)29)32-23(30)31-21/h1-11,33H,12H2,(H2,30,31,32). The lowest BCUT2D eigenvalue weighted by molar-refractivity contribution is -0.140. The second-order valence-electron chi connectivity index (χ2n) is 7.22. The number of alkyl halides is 3. The average Bonchev–Trinajstić information content (AvgIpc) is 2.78. The summed E-state index contributed by atoms with van der Waals surface area (Å²) in [6.45, 7) is 0.0860. The molecule has 34 heavy (non-hydrogen) atoms. The fourth-order valence-corrected chi connectivity index (χ4v) is 3.82. The summed E-state index contributed by atoms with van der Waals surface area (Å²) in [5.74, 6) is -0.645. The van der Waals surface area contributed by atoms with Crippen molar-refractivity contribution in [3.63, 3.8) is 0 Å². The van der Waals surface area contributed by atoms with Crippen molar-refractivity contribution in [3.8, 4) is 33.9 Å². The Labute approximate surface area is 202 Å². The third-order valence-electron chi connectivity index (χ3n) is 4.89. The summed E-state index contributed by atoms with van der Waals surface area (Å²) in [5, 5.41) is 11.6. The Morgan fingerprint density at radius 1 is 0.941 bits per heavy atom. The van der Waals surface area contributed by atoms with Crippen LogP contribution >= 0.6 is 23.2 Å². The predicted octanol–water partition coefficient (Wildman–Crippen LogP) is 7.00. The molecule has 4 rings (SSSR count). The number of nitrogens with two attached hydrogens (primary N) is 1. The maximum Gasteiger partial charge on any atom is 0.434 e. The van der Waals surface area contributed by atoms with Crippen molar-refractivity contribution in [1.82, 2.24) is 9.97 Å². The highest BCUT2D eigenvalue weighted by Gasteiger charge is 2.38. The molecule has 0 radical (unpaired) electrons. The van der Waals surface area contributed by atoms with Gasteiger partial charge in [-0.2, -0.15) is 13.2 Å². The number of phenols is 1. The maximum absolute atomic E-state index is 13.8. The van der Waals surface area contributed by atoms with Crippen LogP contribution < -0.4 is 10.5 Å². The molecule has 0 bridgehead atoms. The quantitative estimate of drug-likeness (QED) is 0.305. The van der Waals surface area contributed by atoms with E-state index >= 15 is 0 Å². The zero-order valence-electron chi connectivity index (χ0n) is 17.3. The number of phenolic OH excluding ortho intramolecular Hbond substituents is 1. The monoisotopic (exact) mass is 505 g/mol. The first kappa shape index (κ1) is 23.7. The van der Waals surface area contributed by atoms with Gasteiger partial charge in [-0.25, -0.2) is 9.97 Å². The van der Waals surface area contributed by atoms with E-state index in [2.05, 4.69) is 9.97 Å². The molecular weight excluding hydrogens is 490 g/mol. The lowest BCUT2D eigenvalue weighted by atomic mass is 9.96. The molecule has 4 aromatic rings. The van der Waals surface area contributed by atoms with E-state index < -0.39 is 17.8 Å². The molecule has 0 atom stereocenters. The smallest absolute Gasteiger partial charge is 0.434 e. The molecule has 0 aliphatic heterocycles. The van der Waals surface area contributed by atoms with Gasteiger partial charge in [-0.05, 0) is 29.8 Å². The van der Waals surface area contributed by atoms with Gasteiger partial charge in [-0.3, -0.25) is 0 Å². The molecule has 0 saturated heterocycles. The molecule has 5 nitrogen and oxygen atoms in total. The van der Waals surface area contributed by atoms with E-state index in [0.717, 1.165) is 0 Å². The van der Waals surface area contributed by atoms with E-state index in [1.165, 1.54) is 30.3 Å². The molecule has 1 aromatic heterocycles. The molecule has 3 N–H and O–H groups in total. The van der Waals surface area contributed by atoms with Crippen LogP contribution in [0.1, 0.15) is 11.3 Å². The van der Waals surface area contributed by atoms with Gasteiger partial charge in [0.25, 0.3) is 0 Å². The van der Waals surface area contributed by atoms with Crippen LogP contribution in [-0.2, 0) is 12.8 Å². The van der Waals surface area contributed by atoms with Crippen LogP contribution in [0, 0.1) is 0 Å². The van der Waals surface area contributed by atoms with Gasteiger partial charge in [0.05, 0.1) is 5.69 Å². The SMILES string of the molecule is Nc1nc(-c2ccc(OCc3ccc(Cl)cc3Cl)cc2O)c(-c2ccccc2)c(C(F)(F)F)n1. The number of rotatable bonds is 5. The molecule has 1 heterocycles. The van der Waals surface area contributed by atoms with Gasteiger partial charge in [0.15, 0.2) is 5.69 Å². The molecule has 0 saturated carbocycles. The van der Waals surface area contributed by atoms with Crippen molar-refractivity contribution in [1.29, 1.82) is 0 Å². The first-order chi connectivity index (χ1) is 16.1. The highest BCUT2D eigenvalue weighted by atomic mass is 35.5. The molecule has 10 heteroatoms. The Balaban J connectivity index is 1.75. The number of nitrogen functional groups attached to an aromatic ring is 1. The third kappa shape index (κ3) is 5.03. The normalized spacial score (nSPS) is 11.4. The Kier molecular flexibility index (Phi) is 6.54. The van der Waals surface area contributed by atoms with E-state index in [0.29, 0.717) is 15.6 Å². The summed E-state index contributed by atoms with van der Waals surface area (Å²) in [6.07, 6.45) is -4.80. The number of anilines is 1. The van der Waals surface area contributed by atoms with E-state index in [-0.39, 0.29) is 40.5 Å². The number of aromatic nitrogens is 2. The molecule has 0 amide bonds. The van der Waals surface area contributed by atoms with Crippen LogP contribution in [0.25, 0.3) is 22.4 Å². The predicted molar refractivity (Wildman–Crippen MR) is 125 cm³/mol.